The van der Waals surface area contributed by atoms with E-state index < -0.39 is 5.60 Å². The van der Waals surface area contributed by atoms with Crippen molar-refractivity contribution in [3.8, 4) is 0 Å². The maximum Gasteiger partial charge on any atom is 0.236 e. The van der Waals surface area contributed by atoms with Gasteiger partial charge >= 0.3 is 0 Å². The number of carbonyl (C=O) groups is 1. The molecule has 1 rings (SSSR count). The molecule has 1 atom stereocenters. The molecule has 0 spiro atoms. The van der Waals surface area contributed by atoms with Gasteiger partial charge in [0.2, 0.25) is 5.91 Å². The summed E-state index contributed by atoms with van der Waals surface area (Å²) in [6.07, 6.45) is 3.48. The zero-order valence-corrected chi connectivity index (χ0v) is 11.3. The number of amides is 1. The van der Waals surface area contributed by atoms with Crippen molar-refractivity contribution >= 4 is 5.91 Å². The molecule has 1 unspecified atom stereocenters. The van der Waals surface area contributed by atoms with E-state index in [0.717, 1.165) is 25.9 Å². The van der Waals surface area contributed by atoms with Crippen LogP contribution in [-0.2, 0) is 4.79 Å². The Hall–Kier alpha value is -0.610. The van der Waals surface area contributed by atoms with Crippen molar-refractivity contribution in [1.82, 2.24) is 10.2 Å². The molecule has 2 N–H and O–H groups in total. The molecule has 1 saturated heterocycles. The Labute approximate surface area is 104 Å². The van der Waals surface area contributed by atoms with Crippen LogP contribution in [0, 0.1) is 5.92 Å². The van der Waals surface area contributed by atoms with Crippen molar-refractivity contribution in [2.75, 3.05) is 26.2 Å². The van der Waals surface area contributed by atoms with Gasteiger partial charge in [-0.15, -0.1) is 0 Å². The lowest BCUT2D eigenvalue weighted by Gasteiger charge is -2.30. The molecule has 0 bridgehead atoms. The Bertz CT molecular complexity index is 246. The number of hydrogen-bond donors (Lipinski definition) is 2. The molecule has 0 radical (unpaired) electrons. The number of piperidine rings is 1. The Balaban J connectivity index is 2.24. The minimum atomic E-state index is -0.748. The average molecular weight is 242 g/mol. The molecule has 100 valence electrons. The van der Waals surface area contributed by atoms with Gasteiger partial charge in [-0.1, -0.05) is 13.8 Å². The second-order valence-corrected chi connectivity index (χ2v) is 5.56. The quantitative estimate of drug-likeness (QED) is 0.756. The van der Waals surface area contributed by atoms with Crippen LogP contribution in [0.5, 0.6) is 0 Å². The summed E-state index contributed by atoms with van der Waals surface area (Å²) in [5.41, 5.74) is -0.748. The smallest absolute Gasteiger partial charge is 0.236 e. The first-order chi connectivity index (χ1) is 7.93. The number of nitrogens with zero attached hydrogens (tertiary/aromatic N) is 1. The van der Waals surface area contributed by atoms with Gasteiger partial charge in [0.25, 0.3) is 0 Å². The third-order valence-corrected chi connectivity index (χ3v) is 3.71. The standard InChI is InChI=1S/C13H26N2O2/c1-11(2)13(3,17)10-14-9-12(16)15-7-5-4-6-8-15/h11,14,17H,4-10H2,1-3H3. The van der Waals surface area contributed by atoms with E-state index in [9.17, 15) is 9.90 Å². The van der Waals surface area contributed by atoms with Crippen LogP contribution in [0.1, 0.15) is 40.0 Å². The Kier molecular flexibility index (Phi) is 5.40. The van der Waals surface area contributed by atoms with Gasteiger partial charge in [0.1, 0.15) is 0 Å². The van der Waals surface area contributed by atoms with Crippen LogP contribution in [0.15, 0.2) is 0 Å². The monoisotopic (exact) mass is 242 g/mol. The van der Waals surface area contributed by atoms with Crippen molar-refractivity contribution < 1.29 is 9.90 Å². The zero-order chi connectivity index (χ0) is 12.9. The average Bonchev–Trinajstić information content (AvgIpc) is 2.29. The molecule has 17 heavy (non-hydrogen) atoms. The van der Waals surface area contributed by atoms with E-state index in [-0.39, 0.29) is 11.8 Å². The van der Waals surface area contributed by atoms with Gasteiger partial charge in [0, 0.05) is 19.6 Å². The Morgan fingerprint density at radius 3 is 2.47 bits per heavy atom. The van der Waals surface area contributed by atoms with Gasteiger partial charge in [-0.05, 0) is 32.1 Å². The van der Waals surface area contributed by atoms with E-state index >= 15 is 0 Å². The summed E-state index contributed by atoms with van der Waals surface area (Å²) in [7, 11) is 0. The number of hydrogen-bond acceptors (Lipinski definition) is 3. The lowest BCUT2D eigenvalue weighted by atomic mass is 9.92. The molecule has 1 aliphatic rings. The highest BCUT2D eigenvalue weighted by Gasteiger charge is 2.25. The summed E-state index contributed by atoms with van der Waals surface area (Å²) in [4.78, 5) is 13.8. The third-order valence-electron chi connectivity index (χ3n) is 3.71. The first-order valence-corrected chi connectivity index (χ1v) is 6.64. The highest BCUT2D eigenvalue weighted by atomic mass is 16.3. The van der Waals surface area contributed by atoms with Gasteiger partial charge in [-0.25, -0.2) is 0 Å². The van der Waals surface area contributed by atoms with Gasteiger partial charge in [0.05, 0.1) is 12.1 Å². The molecule has 1 amide bonds. The third kappa shape index (κ3) is 4.64. The molecule has 0 aromatic carbocycles. The molecule has 0 saturated carbocycles. The van der Waals surface area contributed by atoms with Crippen LogP contribution in [0.4, 0.5) is 0 Å². The van der Waals surface area contributed by atoms with Crippen LogP contribution in [0.3, 0.4) is 0 Å². The van der Waals surface area contributed by atoms with Crippen molar-refractivity contribution in [3.05, 3.63) is 0 Å². The molecule has 0 aromatic rings. The number of nitrogens with one attached hydrogen (secondary N) is 1. The molecule has 1 aliphatic heterocycles. The van der Waals surface area contributed by atoms with Crippen molar-refractivity contribution in [2.45, 2.75) is 45.6 Å². The maximum atomic E-state index is 11.8. The summed E-state index contributed by atoms with van der Waals surface area (Å²) >= 11 is 0. The molecular formula is C13H26N2O2. The summed E-state index contributed by atoms with van der Waals surface area (Å²) in [5.74, 6) is 0.337. The predicted molar refractivity (Wildman–Crippen MR) is 68.8 cm³/mol. The van der Waals surface area contributed by atoms with Crippen LogP contribution in [-0.4, -0.2) is 47.7 Å². The number of likely N-dealkylation sites (tertiary alicyclic amines) is 1. The Morgan fingerprint density at radius 1 is 1.35 bits per heavy atom. The summed E-state index contributed by atoms with van der Waals surface area (Å²) in [6.45, 7) is 8.34. The highest BCUT2D eigenvalue weighted by Crippen LogP contribution is 2.14. The fourth-order valence-corrected chi connectivity index (χ4v) is 1.88. The van der Waals surface area contributed by atoms with Crippen LogP contribution in [0.2, 0.25) is 0 Å². The van der Waals surface area contributed by atoms with E-state index in [0.29, 0.717) is 13.1 Å². The van der Waals surface area contributed by atoms with Crippen molar-refractivity contribution in [3.63, 3.8) is 0 Å². The van der Waals surface area contributed by atoms with Crippen LogP contribution < -0.4 is 5.32 Å². The molecule has 0 aliphatic carbocycles. The Morgan fingerprint density at radius 2 is 1.94 bits per heavy atom. The maximum absolute atomic E-state index is 11.8. The SMILES string of the molecule is CC(C)C(C)(O)CNCC(=O)N1CCCCC1. The molecule has 1 fully saturated rings. The fourth-order valence-electron chi connectivity index (χ4n) is 1.88. The minimum Gasteiger partial charge on any atom is -0.389 e. The first-order valence-electron chi connectivity index (χ1n) is 6.64. The summed E-state index contributed by atoms with van der Waals surface area (Å²) in [5, 5.41) is 13.1. The van der Waals surface area contributed by atoms with E-state index in [4.69, 9.17) is 0 Å². The fraction of sp³-hybridized carbons (Fsp3) is 0.923. The van der Waals surface area contributed by atoms with Crippen LogP contribution >= 0.6 is 0 Å². The number of carbonyl (C=O) groups excluding carboxylic acids is 1. The normalized spacial score (nSPS) is 20.4. The molecule has 4 nitrogen and oxygen atoms in total. The highest BCUT2D eigenvalue weighted by molar-refractivity contribution is 5.78. The lowest BCUT2D eigenvalue weighted by molar-refractivity contribution is -0.131. The van der Waals surface area contributed by atoms with E-state index in [1.165, 1.54) is 6.42 Å². The summed E-state index contributed by atoms with van der Waals surface area (Å²) in [6, 6.07) is 0. The second kappa shape index (κ2) is 6.36. The van der Waals surface area contributed by atoms with Crippen molar-refractivity contribution in [1.29, 1.82) is 0 Å². The van der Waals surface area contributed by atoms with E-state index in [1.54, 1.807) is 6.92 Å². The predicted octanol–water partition coefficient (Wildman–Crippen LogP) is 0.995. The van der Waals surface area contributed by atoms with E-state index in [1.807, 2.05) is 18.7 Å². The molecular weight excluding hydrogens is 216 g/mol. The first kappa shape index (κ1) is 14.5. The van der Waals surface area contributed by atoms with Crippen molar-refractivity contribution in [2.24, 2.45) is 5.92 Å². The lowest BCUT2D eigenvalue weighted by Crippen LogP contribution is -2.47. The minimum absolute atomic E-state index is 0.157. The van der Waals surface area contributed by atoms with Gasteiger partial charge in [0.15, 0.2) is 0 Å². The number of rotatable bonds is 5. The van der Waals surface area contributed by atoms with Crippen LogP contribution in [0.25, 0.3) is 0 Å². The second-order valence-electron chi connectivity index (χ2n) is 5.56. The number of aliphatic hydroxyl groups is 1. The topological polar surface area (TPSA) is 52.6 Å². The van der Waals surface area contributed by atoms with Gasteiger partial charge < -0.3 is 15.3 Å². The molecule has 4 heteroatoms. The molecule has 0 aromatic heterocycles. The molecule has 1 heterocycles. The van der Waals surface area contributed by atoms with Gasteiger partial charge in [-0.3, -0.25) is 4.79 Å². The van der Waals surface area contributed by atoms with Gasteiger partial charge in [-0.2, -0.15) is 0 Å². The largest absolute Gasteiger partial charge is 0.389 e. The zero-order valence-electron chi connectivity index (χ0n) is 11.3. The summed E-state index contributed by atoms with van der Waals surface area (Å²) < 4.78 is 0. The van der Waals surface area contributed by atoms with E-state index in [2.05, 4.69) is 5.32 Å².